The van der Waals surface area contributed by atoms with E-state index >= 15 is 0 Å². The predicted octanol–water partition coefficient (Wildman–Crippen LogP) is 2.71. The maximum atomic E-state index is 11.8. The van der Waals surface area contributed by atoms with Gasteiger partial charge in [0.25, 0.3) is 0 Å². The molecule has 3 nitrogen and oxygen atoms in total. The average molecular weight is 242 g/mol. The first kappa shape index (κ1) is 16.4. The molecule has 0 aliphatic carbocycles. The van der Waals surface area contributed by atoms with Crippen molar-refractivity contribution in [3.63, 3.8) is 0 Å². The summed E-state index contributed by atoms with van der Waals surface area (Å²) in [6.07, 6.45) is 0.960. The van der Waals surface area contributed by atoms with Crippen LogP contribution in [0.1, 0.15) is 61.8 Å². The monoisotopic (exact) mass is 242 g/mol. The van der Waals surface area contributed by atoms with E-state index in [1.807, 2.05) is 0 Å². The number of carbonyl (C=O) groups is 1. The first-order valence-corrected chi connectivity index (χ1v) is 6.37. The van der Waals surface area contributed by atoms with Gasteiger partial charge in [-0.15, -0.1) is 0 Å². The van der Waals surface area contributed by atoms with Gasteiger partial charge in [0.05, 0.1) is 6.54 Å². The highest BCUT2D eigenvalue weighted by molar-refractivity contribution is 5.78. The molecule has 0 aromatic rings. The molecule has 0 rings (SSSR count). The number of hydrogen-bond donors (Lipinski definition) is 2. The van der Waals surface area contributed by atoms with Crippen LogP contribution in [0.25, 0.3) is 0 Å². The van der Waals surface area contributed by atoms with E-state index in [9.17, 15) is 4.79 Å². The molecule has 102 valence electrons. The lowest BCUT2D eigenvalue weighted by atomic mass is 9.82. The fourth-order valence-electron chi connectivity index (χ4n) is 2.14. The van der Waals surface area contributed by atoms with Crippen molar-refractivity contribution in [2.75, 3.05) is 6.54 Å². The van der Waals surface area contributed by atoms with E-state index in [2.05, 4.69) is 66.0 Å². The van der Waals surface area contributed by atoms with Crippen molar-refractivity contribution in [3.8, 4) is 0 Å². The molecule has 0 aromatic heterocycles. The SMILES string of the molecule is CC(C)(C)CC(C)(C)NC(=O)CNC(C)(C)C. The highest BCUT2D eigenvalue weighted by Crippen LogP contribution is 2.26. The van der Waals surface area contributed by atoms with E-state index in [-0.39, 0.29) is 22.4 Å². The summed E-state index contributed by atoms with van der Waals surface area (Å²) in [5, 5.41) is 6.28. The summed E-state index contributed by atoms with van der Waals surface area (Å²) in [6.45, 7) is 17.3. The van der Waals surface area contributed by atoms with Crippen molar-refractivity contribution in [2.45, 2.75) is 72.9 Å². The third kappa shape index (κ3) is 10.3. The molecule has 0 heterocycles. The van der Waals surface area contributed by atoms with Gasteiger partial charge in [0.2, 0.25) is 5.91 Å². The fourth-order valence-corrected chi connectivity index (χ4v) is 2.14. The Morgan fingerprint density at radius 2 is 1.41 bits per heavy atom. The maximum absolute atomic E-state index is 11.8. The van der Waals surface area contributed by atoms with E-state index in [4.69, 9.17) is 0 Å². The average Bonchev–Trinajstić information content (AvgIpc) is 1.93. The lowest BCUT2D eigenvalue weighted by Gasteiger charge is -2.33. The number of carbonyl (C=O) groups excluding carboxylic acids is 1. The van der Waals surface area contributed by atoms with Crippen LogP contribution >= 0.6 is 0 Å². The molecule has 0 unspecified atom stereocenters. The molecule has 3 heteroatoms. The lowest BCUT2D eigenvalue weighted by Crippen LogP contribution is -2.51. The van der Waals surface area contributed by atoms with E-state index in [0.717, 1.165) is 6.42 Å². The Morgan fingerprint density at radius 1 is 0.941 bits per heavy atom. The van der Waals surface area contributed by atoms with Crippen LogP contribution in [0.2, 0.25) is 0 Å². The molecule has 0 fully saturated rings. The van der Waals surface area contributed by atoms with E-state index < -0.39 is 0 Å². The van der Waals surface area contributed by atoms with Crippen LogP contribution in [0.4, 0.5) is 0 Å². The number of amides is 1. The zero-order valence-corrected chi connectivity index (χ0v) is 12.8. The summed E-state index contributed by atoms with van der Waals surface area (Å²) in [5.41, 5.74) is 0.0364. The van der Waals surface area contributed by atoms with Crippen LogP contribution in [0.5, 0.6) is 0 Å². The molecule has 0 radical (unpaired) electrons. The van der Waals surface area contributed by atoms with Gasteiger partial charge >= 0.3 is 0 Å². The van der Waals surface area contributed by atoms with Gasteiger partial charge in [0, 0.05) is 11.1 Å². The zero-order chi connectivity index (χ0) is 13.9. The Balaban J connectivity index is 4.19. The standard InChI is InChI=1S/C14H30N2O/c1-12(2,3)10-14(7,8)16-11(17)9-15-13(4,5)6/h15H,9-10H2,1-8H3,(H,16,17). The zero-order valence-electron chi connectivity index (χ0n) is 12.8. The molecular formula is C14H30N2O. The molecule has 0 bridgehead atoms. The minimum Gasteiger partial charge on any atom is -0.350 e. The molecular weight excluding hydrogens is 212 g/mol. The van der Waals surface area contributed by atoms with Gasteiger partial charge in [-0.05, 0) is 46.5 Å². The lowest BCUT2D eigenvalue weighted by molar-refractivity contribution is -0.122. The maximum Gasteiger partial charge on any atom is 0.234 e. The topological polar surface area (TPSA) is 41.1 Å². The van der Waals surface area contributed by atoms with Crippen molar-refractivity contribution in [1.29, 1.82) is 0 Å². The van der Waals surface area contributed by atoms with E-state index in [1.54, 1.807) is 0 Å². The summed E-state index contributed by atoms with van der Waals surface area (Å²) in [5.74, 6) is 0.0641. The van der Waals surface area contributed by atoms with Crippen molar-refractivity contribution < 1.29 is 4.79 Å². The summed E-state index contributed by atoms with van der Waals surface area (Å²) in [7, 11) is 0. The fraction of sp³-hybridized carbons (Fsp3) is 0.929. The Bertz CT molecular complexity index is 256. The molecule has 0 atom stereocenters. The molecule has 0 saturated carbocycles. The van der Waals surface area contributed by atoms with Gasteiger partial charge in [0.1, 0.15) is 0 Å². The van der Waals surface area contributed by atoms with Crippen LogP contribution in [0.15, 0.2) is 0 Å². The van der Waals surface area contributed by atoms with Gasteiger partial charge < -0.3 is 10.6 Å². The summed E-state index contributed by atoms with van der Waals surface area (Å²) >= 11 is 0. The summed E-state index contributed by atoms with van der Waals surface area (Å²) in [4.78, 5) is 11.8. The Hall–Kier alpha value is -0.570. The van der Waals surface area contributed by atoms with Gasteiger partial charge in [-0.1, -0.05) is 20.8 Å². The second kappa shape index (κ2) is 5.38. The molecule has 0 saturated heterocycles. The van der Waals surface area contributed by atoms with Gasteiger partial charge in [-0.2, -0.15) is 0 Å². The van der Waals surface area contributed by atoms with Gasteiger partial charge in [-0.3, -0.25) is 4.79 Å². The van der Waals surface area contributed by atoms with Crippen LogP contribution in [0.3, 0.4) is 0 Å². The molecule has 1 amide bonds. The number of nitrogens with one attached hydrogen (secondary N) is 2. The molecule has 2 N–H and O–H groups in total. The van der Waals surface area contributed by atoms with Crippen LogP contribution in [-0.2, 0) is 4.79 Å². The Labute approximate surface area is 107 Å². The highest BCUT2D eigenvalue weighted by Gasteiger charge is 2.27. The van der Waals surface area contributed by atoms with E-state index in [0.29, 0.717) is 6.54 Å². The van der Waals surface area contributed by atoms with Crippen LogP contribution in [-0.4, -0.2) is 23.5 Å². The second-order valence-corrected chi connectivity index (χ2v) is 7.77. The van der Waals surface area contributed by atoms with Crippen LogP contribution in [0, 0.1) is 5.41 Å². The minimum absolute atomic E-state index is 0.0223. The quantitative estimate of drug-likeness (QED) is 0.796. The van der Waals surface area contributed by atoms with Gasteiger partial charge in [0.15, 0.2) is 0 Å². The smallest absolute Gasteiger partial charge is 0.234 e. The van der Waals surface area contributed by atoms with E-state index in [1.165, 1.54) is 0 Å². The highest BCUT2D eigenvalue weighted by atomic mass is 16.2. The summed E-state index contributed by atoms with van der Waals surface area (Å²) in [6, 6.07) is 0. The first-order valence-electron chi connectivity index (χ1n) is 6.37. The molecule has 0 aromatic carbocycles. The van der Waals surface area contributed by atoms with Gasteiger partial charge in [-0.25, -0.2) is 0 Å². The first-order chi connectivity index (χ1) is 7.31. The third-order valence-electron chi connectivity index (χ3n) is 2.23. The molecule has 0 spiro atoms. The normalized spacial score (nSPS) is 13.6. The Morgan fingerprint density at radius 3 is 1.76 bits per heavy atom. The molecule has 0 aliphatic rings. The predicted molar refractivity (Wildman–Crippen MR) is 74.0 cm³/mol. The van der Waals surface area contributed by atoms with Crippen molar-refractivity contribution in [1.82, 2.24) is 10.6 Å². The number of hydrogen-bond acceptors (Lipinski definition) is 2. The van der Waals surface area contributed by atoms with Crippen molar-refractivity contribution in [3.05, 3.63) is 0 Å². The third-order valence-corrected chi connectivity index (χ3v) is 2.23. The minimum atomic E-state index is -0.158. The van der Waals surface area contributed by atoms with Crippen molar-refractivity contribution >= 4 is 5.91 Å². The molecule has 0 aliphatic heterocycles. The molecule has 17 heavy (non-hydrogen) atoms. The van der Waals surface area contributed by atoms with Crippen molar-refractivity contribution in [2.24, 2.45) is 5.41 Å². The largest absolute Gasteiger partial charge is 0.350 e. The Kier molecular flexibility index (Phi) is 5.20. The number of rotatable bonds is 4. The van der Waals surface area contributed by atoms with Crippen LogP contribution < -0.4 is 10.6 Å². The second-order valence-electron chi connectivity index (χ2n) is 7.77. The summed E-state index contributed by atoms with van der Waals surface area (Å²) < 4.78 is 0.